The zero-order chi connectivity index (χ0) is 14.9. The van der Waals surface area contributed by atoms with E-state index in [1.54, 1.807) is 6.92 Å². The van der Waals surface area contributed by atoms with Crippen LogP contribution in [-0.4, -0.2) is 24.0 Å². The van der Waals surface area contributed by atoms with Gasteiger partial charge in [0.1, 0.15) is 5.69 Å². The minimum atomic E-state index is -4.58. The summed E-state index contributed by atoms with van der Waals surface area (Å²) in [4.78, 5) is 25.3. The smallest absolute Gasteiger partial charge is 0.327 e. The molecule has 1 aromatic heterocycles. The second-order valence-electron chi connectivity index (χ2n) is 4.83. The van der Waals surface area contributed by atoms with Gasteiger partial charge in [-0.3, -0.25) is 9.59 Å². The second kappa shape index (κ2) is 6.48. The maximum atomic E-state index is 12.5. The minimum Gasteiger partial charge on any atom is -0.327 e. The van der Waals surface area contributed by atoms with Gasteiger partial charge in [-0.25, -0.2) is 0 Å². The van der Waals surface area contributed by atoms with Crippen LogP contribution in [0, 0.1) is 11.8 Å². The van der Waals surface area contributed by atoms with Crippen molar-refractivity contribution in [1.82, 2.24) is 10.3 Å². The van der Waals surface area contributed by atoms with Crippen LogP contribution in [0.4, 0.5) is 18.9 Å². The van der Waals surface area contributed by atoms with Crippen LogP contribution in [0.25, 0.3) is 0 Å². The molecule has 21 heavy (non-hydrogen) atoms. The number of rotatable bonds is 3. The molecule has 1 amide bonds. The van der Waals surface area contributed by atoms with Gasteiger partial charge in [-0.05, 0) is 25.1 Å². The summed E-state index contributed by atoms with van der Waals surface area (Å²) in [6, 6.07) is 0.641. The highest BCUT2D eigenvalue weighted by Crippen LogP contribution is 2.29. The molecule has 1 aliphatic heterocycles. The van der Waals surface area contributed by atoms with E-state index in [0.29, 0.717) is 25.4 Å². The molecule has 2 rings (SSSR count). The lowest BCUT2D eigenvalue weighted by molar-refractivity contribution is -0.137. The number of H-pyrrole nitrogens is 1. The first-order valence-electron chi connectivity index (χ1n) is 6.10. The van der Waals surface area contributed by atoms with Crippen LogP contribution in [0.15, 0.2) is 17.1 Å². The van der Waals surface area contributed by atoms with Crippen LogP contribution in [0.5, 0.6) is 0 Å². The standard InChI is InChI=1S/C12H14F3N3O2.ClH/c1-6(7-3-16-4-7)10(19)18-9-2-8(12(13,14)15)5-17-11(9)20;/h2,5-7,16H,3-4H2,1H3,(H,17,20)(H,18,19);1H. The molecule has 3 N–H and O–H groups in total. The Morgan fingerprint density at radius 3 is 2.52 bits per heavy atom. The average Bonchev–Trinajstić information content (AvgIpc) is 2.28. The number of aromatic nitrogens is 1. The van der Waals surface area contributed by atoms with Gasteiger partial charge in [-0.2, -0.15) is 13.2 Å². The van der Waals surface area contributed by atoms with Crippen molar-refractivity contribution >= 4 is 24.0 Å². The van der Waals surface area contributed by atoms with Gasteiger partial charge in [0, 0.05) is 12.1 Å². The Bertz CT molecular complexity index is 570. The molecule has 1 unspecified atom stereocenters. The molecular formula is C12H15ClF3N3O2. The molecule has 0 saturated carbocycles. The molecule has 1 fully saturated rings. The lowest BCUT2D eigenvalue weighted by Gasteiger charge is -2.31. The number of alkyl halides is 3. The van der Waals surface area contributed by atoms with Crippen molar-refractivity contribution in [2.75, 3.05) is 18.4 Å². The van der Waals surface area contributed by atoms with Gasteiger partial charge in [0.2, 0.25) is 5.91 Å². The Labute approximate surface area is 124 Å². The van der Waals surface area contributed by atoms with Crippen molar-refractivity contribution in [3.8, 4) is 0 Å². The van der Waals surface area contributed by atoms with E-state index in [2.05, 4.69) is 10.6 Å². The second-order valence-corrected chi connectivity index (χ2v) is 4.83. The van der Waals surface area contributed by atoms with E-state index in [1.807, 2.05) is 4.98 Å². The first kappa shape index (κ1) is 17.5. The number of carbonyl (C=O) groups is 1. The third kappa shape index (κ3) is 3.98. The quantitative estimate of drug-likeness (QED) is 0.790. The number of aromatic amines is 1. The number of halogens is 4. The van der Waals surface area contributed by atoms with Crippen molar-refractivity contribution in [2.45, 2.75) is 13.1 Å². The molecule has 1 aromatic rings. The lowest BCUT2D eigenvalue weighted by atomic mass is 9.88. The maximum Gasteiger partial charge on any atom is 0.417 e. The maximum absolute atomic E-state index is 12.5. The van der Waals surface area contributed by atoms with Gasteiger partial charge in [-0.15, -0.1) is 12.4 Å². The summed E-state index contributed by atoms with van der Waals surface area (Å²) in [6.07, 6.45) is -4.00. The summed E-state index contributed by atoms with van der Waals surface area (Å²) >= 11 is 0. The van der Waals surface area contributed by atoms with Crippen LogP contribution in [-0.2, 0) is 11.0 Å². The Kier molecular flexibility index (Phi) is 5.41. The molecule has 0 aromatic carbocycles. The van der Waals surface area contributed by atoms with Crippen LogP contribution < -0.4 is 16.2 Å². The normalized spacial score (nSPS) is 16.6. The van der Waals surface area contributed by atoms with Crippen LogP contribution in [0.2, 0.25) is 0 Å². The van der Waals surface area contributed by atoms with Crippen molar-refractivity contribution < 1.29 is 18.0 Å². The van der Waals surface area contributed by atoms with E-state index in [4.69, 9.17) is 0 Å². The first-order valence-corrected chi connectivity index (χ1v) is 6.10. The summed E-state index contributed by atoms with van der Waals surface area (Å²) < 4.78 is 37.6. The van der Waals surface area contributed by atoms with Crippen molar-refractivity contribution in [3.63, 3.8) is 0 Å². The summed E-state index contributed by atoms with van der Waals surface area (Å²) in [5.74, 6) is -0.689. The monoisotopic (exact) mass is 325 g/mol. The molecule has 2 heterocycles. The molecule has 1 atom stereocenters. The molecule has 0 radical (unpaired) electrons. The minimum absolute atomic E-state index is 0. The zero-order valence-electron chi connectivity index (χ0n) is 11.1. The fraction of sp³-hybridized carbons (Fsp3) is 0.500. The van der Waals surface area contributed by atoms with Crippen molar-refractivity contribution in [3.05, 3.63) is 28.2 Å². The number of carbonyl (C=O) groups excluding carboxylic acids is 1. The van der Waals surface area contributed by atoms with E-state index in [0.717, 1.165) is 0 Å². The Morgan fingerprint density at radius 1 is 1.43 bits per heavy atom. The van der Waals surface area contributed by atoms with Gasteiger partial charge in [-0.1, -0.05) is 6.92 Å². The molecule has 0 bridgehead atoms. The number of pyridine rings is 1. The topological polar surface area (TPSA) is 74.0 Å². The van der Waals surface area contributed by atoms with Crippen LogP contribution in [0.3, 0.4) is 0 Å². The molecule has 0 spiro atoms. The fourth-order valence-corrected chi connectivity index (χ4v) is 1.87. The molecule has 1 saturated heterocycles. The molecule has 1 aliphatic rings. The first-order chi connectivity index (χ1) is 9.29. The lowest BCUT2D eigenvalue weighted by Crippen LogP contribution is -2.48. The van der Waals surface area contributed by atoms with Gasteiger partial charge in [0.15, 0.2) is 0 Å². The molecule has 118 valence electrons. The predicted molar refractivity (Wildman–Crippen MR) is 73.5 cm³/mol. The van der Waals surface area contributed by atoms with Gasteiger partial charge in [0.25, 0.3) is 5.56 Å². The summed E-state index contributed by atoms with van der Waals surface area (Å²) in [6.45, 7) is 3.06. The Balaban J connectivity index is 0.00000220. The zero-order valence-corrected chi connectivity index (χ0v) is 11.9. The van der Waals surface area contributed by atoms with E-state index in [-0.39, 0.29) is 29.9 Å². The van der Waals surface area contributed by atoms with Crippen molar-refractivity contribution in [1.29, 1.82) is 0 Å². The predicted octanol–water partition coefficient (Wildman–Crippen LogP) is 1.61. The SMILES string of the molecule is CC(C(=O)Nc1cc(C(F)(F)F)c[nH]c1=O)C1CNC1.Cl. The Hall–Kier alpha value is -1.54. The summed E-state index contributed by atoms with van der Waals surface area (Å²) in [7, 11) is 0. The number of nitrogens with one attached hydrogen (secondary N) is 3. The van der Waals surface area contributed by atoms with E-state index >= 15 is 0 Å². The van der Waals surface area contributed by atoms with Crippen LogP contribution in [0.1, 0.15) is 12.5 Å². The number of amides is 1. The number of hydrogen-bond acceptors (Lipinski definition) is 3. The highest BCUT2D eigenvalue weighted by atomic mass is 35.5. The highest BCUT2D eigenvalue weighted by molar-refractivity contribution is 5.92. The third-order valence-electron chi connectivity index (χ3n) is 3.42. The molecule has 5 nitrogen and oxygen atoms in total. The third-order valence-corrected chi connectivity index (χ3v) is 3.42. The molecule has 9 heteroatoms. The van der Waals surface area contributed by atoms with E-state index in [1.165, 1.54) is 0 Å². The van der Waals surface area contributed by atoms with Gasteiger partial charge < -0.3 is 15.6 Å². The average molecular weight is 326 g/mol. The molecule has 0 aliphatic carbocycles. The fourth-order valence-electron chi connectivity index (χ4n) is 1.87. The van der Waals surface area contributed by atoms with Crippen LogP contribution >= 0.6 is 12.4 Å². The largest absolute Gasteiger partial charge is 0.417 e. The Morgan fingerprint density at radius 2 is 2.05 bits per heavy atom. The number of hydrogen-bond donors (Lipinski definition) is 3. The highest BCUT2D eigenvalue weighted by Gasteiger charge is 2.32. The van der Waals surface area contributed by atoms with E-state index < -0.39 is 23.2 Å². The molecular weight excluding hydrogens is 311 g/mol. The van der Waals surface area contributed by atoms with Gasteiger partial charge in [0.05, 0.1) is 5.56 Å². The van der Waals surface area contributed by atoms with Gasteiger partial charge >= 0.3 is 6.18 Å². The van der Waals surface area contributed by atoms with E-state index in [9.17, 15) is 22.8 Å². The summed E-state index contributed by atoms with van der Waals surface area (Å²) in [5.41, 5.74) is -2.15. The number of anilines is 1. The summed E-state index contributed by atoms with van der Waals surface area (Å²) in [5, 5.41) is 5.27. The van der Waals surface area contributed by atoms with Crippen molar-refractivity contribution in [2.24, 2.45) is 11.8 Å².